The van der Waals surface area contributed by atoms with Crippen LogP contribution in [0, 0.1) is 0 Å². The minimum atomic E-state index is -0.0965. The molecule has 0 aliphatic carbocycles. The Hall–Kier alpha value is -1.49. The molecule has 3 rings (SSSR count). The summed E-state index contributed by atoms with van der Waals surface area (Å²) in [5, 5.41) is 4.38. The molecule has 0 aromatic carbocycles. The monoisotopic (exact) mass is 259 g/mol. The predicted molar refractivity (Wildman–Crippen MR) is 73.8 cm³/mol. The standard InChI is InChI=1S/C14H21N5/c1-9(2)19-13(3,4)11-12(14(19,5)6)18-10(17-11)7-15-8-16-18/h7-9H,1-6H3. The molecule has 1 aliphatic heterocycles. The molecule has 3 heterocycles. The highest BCUT2D eigenvalue weighted by molar-refractivity contribution is 5.47. The SMILES string of the molecule is CC(C)N1C(C)(C)c2nc3cncnn3c2C1(C)C. The average molecular weight is 259 g/mol. The van der Waals surface area contributed by atoms with Gasteiger partial charge in [-0.05, 0) is 41.5 Å². The Bertz CT molecular complexity index is 638. The highest BCUT2D eigenvalue weighted by Gasteiger charge is 2.53. The molecule has 2 aromatic heterocycles. The minimum Gasteiger partial charge on any atom is -0.279 e. The van der Waals surface area contributed by atoms with Crippen LogP contribution in [0.4, 0.5) is 0 Å². The van der Waals surface area contributed by atoms with Gasteiger partial charge in [0.25, 0.3) is 0 Å². The molecule has 0 amide bonds. The van der Waals surface area contributed by atoms with E-state index in [1.54, 1.807) is 12.5 Å². The van der Waals surface area contributed by atoms with Crippen molar-refractivity contribution >= 4 is 5.65 Å². The molecule has 5 heteroatoms. The van der Waals surface area contributed by atoms with Gasteiger partial charge in [-0.25, -0.2) is 14.5 Å². The van der Waals surface area contributed by atoms with E-state index in [-0.39, 0.29) is 11.1 Å². The summed E-state index contributed by atoms with van der Waals surface area (Å²) in [6, 6.07) is 0.441. The van der Waals surface area contributed by atoms with Crippen molar-refractivity contribution in [3.05, 3.63) is 23.9 Å². The molecule has 0 spiro atoms. The summed E-state index contributed by atoms with van der Waals surface area (Å²) >= 11 is 0. The van der Waals surface area contributed by atoms with Crippen LogP contribution in [0.3, 0.4) is 0 Å². The first-order valence-electron chi connectivity index (χ1n) is 6.77. The van der Waals surface area contributed by atoms with Gasteiger partial charge in [-0.2, -0.15) is 5.10 Å². The molecular weight excluding hydrogens is 238 g/mol. The zero-order chi connectivity index (χ0) is 14.0. The Morgan fingerprint density at radius 1 is 1.11 bits per heavy atom. The van der Waals surface area contributed by atoms with Crippen molar-refractivity contribution < 1.29 is 0 Å². The van der Waals surface area contributed by atoms with Gasteiger partial charge in [-0.15, -0.1) is 0 Å². The van der Waals surface area contributed by atoms with Gasteiger partial charge in [-0.1, -0.05) is 0 Å². The summed E-state index contributed by atoms with van der Waals surface area (Å²) in [5.41, 5.74) is 2.94. The Morgan fingerprint density at radius 3 is 2.42 bits per heavy atom. The largest absolute Gasteiger partial charge is 0.279 e. The van der Waals surface area contributed by atoms with Crippen LogP contribution in [0.15, 0.2) is 12.5 Å². The molecule has 1 aliphatic rings. The lowest BCUT2D eigenvalue weighted by molar-refractivity contribution is 0.00465. The van der Waals surface area contributed by atoms with Crippen LogP contribution in [0.25, 0.3) is 5.65 Å². The predicted octanol–water partition coefficient (Wildman–Crippen LogP) is 2.32. The fourth-order valence-corrected chi connectivity index (χ4v) is 4.01. The summed E-state index contributed by atoms with van der Waals surface area (Å²) in [5.74, 6) is 0. The second-order valence-corrected chi connectivity index (χ2v) is 6.57. The molecular formula is C14H21N5. The first kappa shape index (κ1) is 12.5. The summed E-state index contributed by atoms with van der Waals surface area (Å²) in [6.45, 7) is 13.4. The molecule has 0 fully saturated rings. The maximum atomic E-state index is 4.77. The number of rotatable bonds is 1. The lowest BCUT2D eigenvalue weighted by Crippen LogP contribution is -2.50. The van der Waals surface area contributed by atoms with Crippen LogP contribution in [0.2, 0.25) is 0 Å². The quantitative estimate of drug-likeness (QED) is 0.788. The van der Waals surface area contributed by atoms with E-state index >= 15 is 0 Å². The number of fused-ring (bicyclic) bond motifs is 3. The van der Waals surface area contributed by atoms with Crippen molar-refractivity contribution in [1.29, 1.82) is 0 Å². The maximum absolute atomic E-state index is 4.77. The Kier molecular flexibility index (Phi) is 2.33. The molecule has 0 radical (unpaired) electrons. The highest BCUT2D eigenvalue weighted by atomic mass is 15.4. The minimum absolute atomic E-state index is 0.0965. The number of hydrogen-bond donors (Lipinski definition) is 0. The number of imidazole rings is 1. The fraction of sp³-hybridized carbons (Fsp3) is 0.643. The summed E-state index contributed by atoms with van der Waals surface area (Å²) in [6.07, 6.45) is 3.35. The zero-order valence-electron chi connectivity index (χ0n) is 12.5. The van der Waals surface area contributed by atoms with E-state index in [9.17, 15) is 0 Å². The molecule has 19 heavy (non-hydrogen) atoms. The van der Waals surface area contributed by atoms with Crippen LogP contribution < -0.4 is 0 Å². The van der Waals surface area contributed by atoms with Gasteiger partial charge in [0.1, 0.15) is 6.33 Å². The lowest BCUT2D eigenvalue weighted by Gasteiger charge is -2.43. The van der Waals surface area contributed by atoms with E-state index in [2.05, 4.69) is 56.5 Å². The first-order valence-corrected chi connectivity index (χ1v) is 6.77. The number of hydrogen-bond acceptors (Lipinski definition) is 4. The Labute approximate surface area is 113 Å². The van der Waals surface area contributed by atoms with Gasteiger partial charge < -0.3 is 0 Å². The van der Waals surface area contributed by atoms with Gasteiger partial charge in [0, 0.05) is 6.04 Å². The van der Waals surface area contributed by atoms with E-state index in [1.165, 1.54) is 5.69 Å². The summed E-state index contributed by atoms with van der Waals surface area (Å²) < 4.78 is 1.94. The molecule has 5 nitrogen and oxygen atoms in total. The lowest BCUT2D eigenvalue weighted by atomic mass is 9.99. The second kappa shape index (κ2) is 3.54. The fourth-order valence-electron chi connectivity index (χ4n) is 4.01. The van der Waals surface area contributed by atoms with Crippen molar-refractivity contribution in [2.45, 2.75) is 58.7 Å². The van der Waals surface area contributed by atoms with Gasteiger partial charge in [0.2, 0.25) is 0 Å². The number of aromatic nitrogens is 4. The molecule has 102 valence electrons. The van der Waals surface area contributed by atoms with Crippen molar-refractivity contribution in [3.8, 4) is 0 Å². The van der Waals surface area contributed by atoms with Crippen LogP contribution in [-0.2, 0) is 11.1 Å². The maximum Gasteiger partial charge on any atom is 0.172 e. The van der Waals surface area contributed by atoms with Crippen LogP contribution in [0.1, 0.15) is 52.9 Å². The highest BCUT2D eigenvalue weighted by Crippen LogP contribution is 2.49. The molecule has 0 saturated heterocycles. The van der Waals surface area contributed by atoms with Crippen LogP contribution >= 0.6 is 0 Å². The smallest absolute Gasteiger partial charge is 0.172 e. The third-order valence-electron chi connectivity index (χ3n) is 4.18. The van der Waals surface area contributed by atoms with Gasteiger partial charge in [-0.3, -0.25) is 4.90 Å². The Balaban J connectivity index is 2.36. The third-order valence-corrected chi connectivity index (χ3v) is 4.18. The average Bonchev–Trinajstić information content (AvgIpc) is 2.73. The summed E-state index contributed by atoms with van der Waals surface area (Å²) in [4.78, 5) is 11.3. The van der Waals surface area contributed by atoms with E-state index < -0.39 is 0 Å². The van der Waals surface area contributed by atoms with E-state index in [0.717, 1.165) is 11.3 Å². The molecule has 2 aromatic rings. The molecule has 0 unspecified atom stereocenters. The molecule has 0 N–H and O–H groups in total. The third kappa shape index (κ3) is 1.42. The summed E-state index contributed by atoms with van der Waals surface area (Å²) in [7, 11) is 0. The van der Waals surface area contributed by atoms with E-state index in [0.29, 0.717) is 6.04 Å². The Morgan fingerprint density at radius 2 is 1.79 bits per heavy atom. The van der Waals surface area contributed by atoms with Crippen LogP contribution in [0.5, 0.6) is 0 Å². The molecule has 0 bridgehead atoms. The first-order chi connectivity index (χ1) is 8.78. The second-order valence-electron chi connectivity index (χ2n) is 6.57. The number of nitrogens with zero attached hydrogens (tertiary/aromatic N) is 5. The van der Waals surface area contributed by atoms with Gasteiger partial charge in [0.05, 0.1) is 28.7 Å². The van der Waals surface area contributed by atoms with Gasteiger partial charge in [0.15, 0.2) is 5.65 Å². The zero-order valence-corrected chi connectivity index (χ0v) is 12.5. The van der Waals surface area contributed by atoms with Crippen molar-refractivity contribution in [2.75, 3.05) is 0 Å². The van der Waals surface area contributed by atoms with E-state index in [4.69, 9.17) is 4.98 Å². The van der Waals surface area contributed by atoms with E-state index in [1.807, 2.05) is 4.52 Å². The van der Waals surface area contributed by atoms with Crippen molar-refractivity contribution in [3.63, 3.8) is 0 Å². The van der Waals surface area contributed by atoms with Crippen LogP contribution in [-0.4, -0.2) is 30.5 Å². The topological polar surface area (TPSA) is 46.3 Å². The van der Waals surface area contributed by atoms with Gasteiger partial charge >= 0.3 is 0 Å². The molecule has 0 atom stereocenters. The van der Waals surface area contributed by atoms with Crippen molar-refractivity contribution in [1.82, 2.24) is 24.5 Å². The van der Waals surface area contributed by atoms with Crippen molar-refractivity contribution in [2.24, 2.45) is 0 Å². The normalized spacial score (nSPS) is 21.2. The molecule has 0 saturated carbocycles.